The Labute approximate surface area is 259 Å². The number of alkyl carbamates (subject to hydrolysis) is 2. The fraction of sp³-hybridized carbons (Fsp3) is 0.548. The molecular weight excluding hydrogens is 590 g/mol. The van der Waals surface area contributed by atoms with Gasteiger partial charge in [0, 0.05) is 25.4 Å². The van der Waals surface area contributed by atoms with E-state index in [0.29, 0.717) is 25.2 Å². The quantitative estimate of drug-likeness (QED) is 0.302. The first-order valence-electron chi connectivity index (χ1n) is 14.8. The maximum Gasteiger partial charge on any atom is 0.407 e. The summed E-state index contributed by atoms with van der Waals surface area (Å²) < 4.78 is 50.0. The second-order valence-electron chi connectivity index (χ2n) is 11.7. The van der Waals surface area contributed by atoms with Crippen molar-refractivity contribution in [2.24, 2.45) is 11.8 Å². The molecule has 2 amide bonds. The molecule has 1 aliphatic carbocycles. The van der Waals surface area contributed by atoms with E-state index in [1.54, 1.807) is 12.1 Å². The summed E-state index contributed by atoms with van der Waals surface area (Å²) in [5, 5.41) is 17.0. The highest BCUT2D eigenvalue weighted by Gasteiger charge is 2.47. The summed E-state index contributed by atoms with van der Waals surface area (Å²) in [6, 6.07) is 14.3. The Balaban J connectivity index is 1.46. The van der Waals surface area contributed by atoms with Gasteiger partial charge in [0.2, 0.25) is 10.0 Å². The van der Waals surface area contributed by atoms with Crippen molar-refractivity contribution in [3.63, 3.8) is 0 Å². The average Bonchev–Trinajstić information content (AvgIpc) is 3.57. The first-order valence-corrected chi connectivity index (χ1v) is 16.2. The van der Waals surface area contributed by atoms with Crippen molar-refractivity contribution in [1.82, 2.24) is 14.9 Å². The van der Waals surface area contributed by atoms with Gasteiger partial charge in [0.25, 0.3) is 0 Å². The average molecular weight is 634 g/mol. The molecule has 1 saturated carbocycles. The van der Waals surface area contributed by atoms with E-state index in [1.807, 2.05) is 44.2 Å². The minimum atomic E-state index is -3.97. The van der Waals surface area contributed by atoms with Gasteiger partial charge in [0.1, 0.15) is 11.9 Å². The number of rotatable bonds is 13. The minimum Gasteiger partial charge on any atom is -0.497 e. The molecule has 2 aromatic rings. The van der Waals surface area contributed by atoms with Crippen LogP contribution in [0.3, 0.4) is 0 Å². The Hall–Kier alpha value is -3.39. The number of fused-ring (bicyclic) bond motifs is 1. The molecule has 0 bridgehead atoms. The Morgan fingerprint density at radius 1 is 1.02 bits per heavy atom. The Bertz CT molecular complexity index is 1340. The monoisotopic (exact) mass is 633 g/mol. The number of nitrogens with one attached hydrogen (secondary N) is 2. The molecule has 2 fully saturated rings. The van der Waals surface area contributed by atoms with Gasteiger partial charge in [-0.2, -0.15) is 4.31 Å². The molecule has 6 atom stereocenters. The third-order valence-corrected chi connectivity index (χ3v) is 9.85. The standard InChI is InChI=1S/C31H43N3O9S/c1-20(2)17-34(44(38,39)24-12-10-22(40-3)11-13-24)18-28(35)26(14-21-8-6-5-7-9-21)32-31(37)43-23-15-25-27(33-30(36)41-4)19-42-29(25)16-23/h5-13,20,23,25-29,35H,14-19H2,1-4H3,(H,32,37)(H,33,36)/t23-,25-,26+,27?,28-,29-/m1/s1. The van der Waals surface area contributed by atoms with E-state index < -0.39 is 40.5 Å². The number of hydrogen-bond acceptors (Lipinski definition) is 9. The molecule has 2 aromatic carbocycles. The number of methoxy groups -OCH3 is 2. The molecule has 44 heavy (non-hydrogen) atoms. The summed E-state index contributed by atoms with van der Waals surface area (Å²) in [6.07, 6.45) is -1.90. The largest absolute Gasteiger partial charge is 0.497 e. The summed E-state index contributed by atoms with van der Waals surface area (Å²) in [6.45, 7) is 4.07. The summed E-state index contributed by atoms with van der Waals surface area (Å²) >= 11 is 0. The number of benzene rings is 2. The third kappa shape index (κ3) is 8.62. The predicted molar refractivity (Wildman–Crippen MR) is 162 cm³/mol. The van der Waals surface area contributed by atoms with E-state index in [1.165, 1.54) is 30.7 Å². The van der Waals surface area contributed by atoms with Crippen LogP contribution in [0.2, 0.25) is 0 Å². The summed E-state index contributed by atoms with van der Waals surface area (Å²) in [7, 11) is -1.18. The van der Waals surface area contributed by atoms with Crippen molar-refractivity contribution in [3.8, 4) is 5.75 Å². The highest BCUT2D eigenvalue weighted by Crippen LogP contribution is 2.38. The van der Waals surface area contributed by atoms with Crippen molar-refractivity contribution < 1.29 is 42.1 Å². The van der Waals surface area contributed by atoms with Crippen molar-refractivity contribution >= 4 is 22.2 Å². The number of hydrogen-bond donors (Lipinski definition) is 3. The van der Waals surface area contributed by atoms with Gasteiger partial charge in [0.05, 0.1) is 50.0 Å². The Kier molecular flexibility index (Phi) is 11.5. The fourth-order valence-corrected chi connectivity index (χ4v) is 7.43. The maximum atomic E-state index is 13.7. The highest BCUT2D eigenvalue weighted by molar-refractivity contribution is 7.89. The lowest BCUT2D eigenvalue weighted by molar-refractivity contribution is 0.0537. The van der Waals surface area contributed by atoms with Crippen molar-refractivity contribution in [2.45, 2.75) is 68.4 Å². The van der Waals surface area contributed by atoms with Crippen molar-refractivity contribution in [1.29, 1.82) is 0 Å². The zero-order chi connectivity index (χ0) is 31.9. The molecular formula is C31H43N3O9S. The van der Waals surface area contributed by atoms with Gasteiger partial charge in [0.15, 0.2) is 0 Å². The van der Waals surface area contributed by atoms with E-state index in [-0.39, 0.29) is 48.4 Å². The smallest absolute Gasteiger partial charge is 0.407 e. The second-order valence-corrected chi connectivity index (χ2v) is 13.6. The first-order chi connectivity index (χ1) is 21.0. The number of ether oxygens (including phenoxy) is 4. The second kappa shape index (κ2) is 15.1. The molecule has 242 valence electrons. The van der Waals surface area contributed by atoms with E-state index in [9.17, 15) is 23.1 Å². The summed E-state index contributed by atoms with van der Waals surface area (Å²) in [5.41, 5.74) is 0.853. The topological polar surface area (TPSA) is 153 Å². The van der Waals surface area contributed by atoms with Crippen LogP contribution in [0.4, 0.5) is 9.59 Å². The molecule has 1 saturated heterocycles. The van der Waals surface area contributed by atoms with E-state index in [0.717, 1.165) is 5.56 Å². The fourth-order valence-electron chi connectivity index (χ4n) is 5.81. The minimum absolute atomic E-state index is 0.0228. The Morgan fingerprint density at radius 2 is 1.73 bits per heavy atom. The van der Waals surface area contributed by atoms with Gasteiger partial charge in [-0.3, -0.25) is 0 Å². The molecule has 2 aliphatic rings. The zero-order valence-electron chi connectivity index (χ0n) is 25.5. The number of sulfonamides is 1. The van der Waals surface area contributed by atoms with E-state index in [4.69, 9.17) is 18.9 Å². The molecule has 0 spiro atoms. The van der Waals surface area contributed by atoms with Crippen LogP contribution in [0.1, 0.15) is 32.3 Å². The summed E-state index contributed by atoms with van der Waals surface area (Å²) in [4.78, 5) is 24.9. The lowest BCUT2D eigenvalue weighted by Gasteiger charge is -2.31. The van der Waals surface area contributed by atoms with Crippen LogP contribution >= 0.6 is 0 Å². The molecule has 3 N–H and O–H groups in total. The van der Waals surface area contributed by atoms with Gasteiger partial charge < -0.3 is 34.7 Å². The third-order valence-electron chi connectivity index (χ3n) is 8.00. The maximum absolute atomic E-state index is 13.7. The molecule has 4 rings (SSSR count). The normalized spacial score (nSPS) is 22.7. The number of carbonyl (C=O) groups excluding carboxylic acids is 2. The van der Waals surface area contributed by atoms with Crippen LogP contribution in [0.5, 0.6) is 5.75 Å². The molecule has 1 aliphatic heterocycles. The molecule has 13 heteroatoms. The predicted octanol–water partition coefficient (Wildman–Crippen LogP) is 2.94. The van der Waals surface area contributed by atoms with Gasteiger partial charge in [-0.05, 0) is 48.6 Å². The molecule has 12 nitrogen and oxygen atoms in total. The van der Waals surface area contributed by atoms with Crippen molar-refractivity contribution in [3.05, 3.63) is 60.2 Å². The molecule has 1 heterocycles. The van der Waals surface area contributed by atoms with Crippen LogP contribution in [-0.4, -0.2) is 94.3 Å². The van der Waals surface area contributed by atoms with Crippen LogP contribution in [-0.2, 0) is 30.7 Å². The molecule has 0 radical (unpaired) electrons. The van der Waals surface area contributed by atoms with Crippen LogP contribution in [0.15, 0.2) is 59.5 Å². The van der Waals surface area contributed by atoms with Gasteiger partial charge in [-0.15, -0.1) is 0 Å². The van der Waals surface area contributed by atoms with Gasteiger partial charge in [-0.1, -0.05) is 44.2 Å². The van der Waals surface area contributed by atoms with Gasteiger partial charge >= 0.3 is 12.2 Å². The first kappa shape index (κ1) is 33.5. The van der Waals surface area contributed by atoms with Gasteiger partial charge in [-0.25, -0.2) is 18.0 Å². The number of nitrogens with zero attached hydrogens (tertiary/aromatic N) is 1. The molecule has 1 unspecified atom stereocenters. The van der Waals surface area contributed by atoms with Crippen molar-refractivity contribution in [2.75, 3.05) is 33.9 Å². The zero-order valence-corrected chi connectivity index (χ0v) is 26.4. The SMILES string of the molecule is COC(=O)NC1CO[C@@H]2C[C@H](OC(=O)N[C@@H](Cc3ccccc3)[C@H](O)CN(CC(C)C)S(=O)(=O)c3ccc(OC)cc3)C[C@H]12. The number of aliphatic hydroxyl groups is 1. The molecule has 0 aromatic heterocycles. The van der Waals surface area contributed by atoms with Crippen LogP contribution in [0, 0.1) is 11.8 Å². The van der Waals surface area contributed by atoms with Crippen LogP contribution in [0.25, 0.3) is 0 Å². The number of carbonyl (C=O) groups is 2. The van der Waals surface area contributed by atoms with E-state index >= 15 is 0 Å². The lowest BCUT2D eigenvalue weighted by Crippen LogP contribution is -2.51. The van der Waals surface area contributed by atoms with E-state index in [2.05, 4.69) is 10.6 Å². The summed E-state index contributed by atoms with van der Waals surface area (Å²) in [5.74, 6) is 0.477. The number of amides is 2. The van der Waals surface area contributed by atoms with Crippen LogP contribution < -0.4 is 15.4 Å². The Morgan fingerprint density at radius 3 is 2.36 bits per heavy atom. The highest BCUT2D eigenvalue weighted by atomic mass is 32.2. The lowest BCUT2D eigenvalue weighted by atomic mass is 10.00. The number of aliphatic hydroxyl groups excluding tert-OH is 1.